The van der Waals surface area contributed by atoms with Crippen LogP contribution >= 0.6 is 0 Å². The Labute approximate surface area is 224 Å². The number of nitrogens with zero attached hydrogens (tertiary/aromatic N) is 4. The minimum atomic E-state index is -0.0433. The molecule has 1 aromatic heterocycles. The van der Waals surface area contributed by atoms with Gasteiger partial charge in [-0.15, -0.1) is 0 Å². The fourth-order valence-electron chi connectivity index (χ4n) is 5.88. The van der Waals surface area contributed by atoms with Gasteiger partial charge in [0.15, 0.2) is 0 Å². The van der Waals surface area contributed by atoms with Gasteiger partial charge in [-0.25, -0.2) is 0 Å². The van der Waals surface area contributed by atoms with E-state index in [4.69, 9.17) is 0 Å². The lowest BCUT2D eigenvalue weighted by molar-refractivity contribution is -0.137. The van der Waals surface area contributed by atoms with E-state index < -0.39 is 0 Å². The van der Waals surface area contributed by atoms with Crippen LogP contribution in [-0.4, -0.2) is 70.3 Å². The largest absolute Gasteiger partial charge is 0.337 e. The molecule has 0 N–H and O–H groups in total. The summed E-state index contributed by atoms with van der Waals surface area (Å²) in [5, 5.41) is 1.01. The van der Waals surface area contributed by atoms with E-state index in [9.17, 15) is 14.4 Å². The van der Waals surface area contributed by atoms with Gasteiger partial charge >= 0.3 is 0 Å². The van der Waals surface area contributed by atoms with E-state index in [1.54, 1.807) is 11.6 Å². The number of hydrogen-bond acceptors (Lipinski definition) is 4. The first-order valence-electron chi connectivity index (χ1n) is 13.9. The normalized spacial score (nSPS) is 17.0. The molecule has 0 radical (unpaired) electrons. The summed E-state index contributed by atoms with van der Waals surface area (Å²) in [6.45, 7) is 4.56. The third kappa shape index (κ3) is 5.83. The van der Waals surface area contributed by atoms with Crippen LogP contribution in [0.2, 0.25) is 0 Å². The second kappa shape index (κ2) is 11.9. The van der Waals surface area contributed by atoms with Gasteiger partial charge in [-0.1, -0.05) is 55.7 Å². The number of aromatic nitrogens is 1. The fourth-order valence-corrected chi connectivity index (χ4v) is 5.88. The summed E-state index contributed by atoms with van der Waals surface area (Å²) in [6, 6.07) is 19.3. The molecule has 1 aliphatic heterocycles. The summed E-state index contributed by atoms with van der Waals surface area (Å²) < 4.78 is 1.69. The SMILES string of the molecule is Cn1c(=O)c(CN(CCN2CCN(C(=O)c3ccccc3)CC2)C(=O)C2CCCCC2)cc2ccccc21. The Balaban J connectivity index is 1.27. The van der Waals surface area contributed by atoms with E-state index in [2.05, 4.69) is 4.90 Å². The number of pyridine rings is 1. The van der Waals surface area contributed by atoms with Gasteiger partial charge in [0.25, 0.3) is 11.5 Å². The Morgan fingerprint density at radius 2 is 1.58 bits per heavy atom. The molecule has 2 amide bonds. The quantitative estimate of drug-likeness (QED) is 0.480. The molecule has 0 unspecified atom stereocenters. The second-order valence-electron chi connectivity index (χ2n) is 10.7. The van der Waals surface area contributed by atoms with Gasteiger partial charge in [0.2, 0.25) is 5.91 Å². The van der Waals surface area contributed by atoms with Crippen molar-refractivity contribution in [2.45, 2.75) is 38.6 Å². The molecular formula is C31H38N4O3. The summed E-state index contributed by atoms with van der Waals surface area (Å²) in [7, 11) is 1.80. The van der Waals surface area contributed by atoms with Crippen LogP contribution in [0.3, 0.4) is 0 Å². The molecule has 7 heteroatoms. The molecule has 0 bridgehead atoms. The van der Waals surface area contributed by atoms with Gasteiger partial charge in [-0.2, -0.15) is 0 Å². The number of benzene rings is 2. The smallest absolute Gasteiger partial charge is 0.255 e. The predicted molar refractivity (Wildman–Crippen MR) is 150 cm³/mol. The fraction of sp³-hybridized carbons (Fsp3) is 0.452. The van der Waals surface area contributed by atoms with Crippen LogP contribution in [0, 0.1) is 5.92 Å². The van der Waals surface area contributed by atoms with Crippen LogP contribution in [-0.2, 0) is 18.4 Å². The lowest BCUT2D eigenvalue weighted by Gasteiger charge is -2.36. The molecule has 1 aliphatic carbocycles. The molecule has 0 atom stereocenters. The van der Waals surface area contributed by atoms with Crippen LogP contribution in [0.4, 0.5) is 0 Å². The number of fused-ring (bicyclic) bond motifs is 1. The third-order valence-electron chi connectivity index (χ3n) is 8.20. The maximum Gasteiger partial charge on any atom is 0.255 e. The molecule has 3 aromatic rings. The lowest BCUT2D eigenvalue weighted by Crippen LogP contribution is -2.51. The summed E-state index contributed by atoms with van der Waals surface area (Å²) >= 11 is 0. The summed E-state index contributed by atoms with van der Waals surface area (Å²) in [6.07, 6.45) is 5.26. The highest BCUT2D eigenvalue weighted by Gasteiger charge is 2.28. The minimum absolute atomic E-state index is 0.0433. The van der Waals surface area contributed by atoms with E-state index in [1.807, 2.05) is 70.5 Å². The number of carbonyl (C=O) groups is 2. The number of piperazine rings is 1. The Morgan fingerprint density at radius 1 is 0.895 bits per heavy atom. The second-order valence-corrected chi connectivity index (χ2v) is 10.7. The highest BCUT2D eigenvalue weighted by atomic mass is 16.2. The number of aryl methyl sites for hydroxylation is 1. The minimum Gasteiger partial charge on any atom is -0.337 e. The summed E-state index contributed by atoms with van der Waals surface area (Å²) in [4.78, 5) is 45.9. The van der Waals surface area contributed by atoms with Crippen molar-refractivity contribution < 1.29 is 9.59 Å². The van der Waals surface area contributed by atoms with E-state index in [1.165, 1.54) is 6.42 Å². The number of carbonyl (C=O) groups excluding carboxylic acids is 2. The molecule has 2 heterocycles. The average molecular weight is 515 g/mol. The first-order chi connectivity index (χ1) is 18.5. The maximum absolute atomic E-state index is 13.7. The number of para-hydroxylation sites is 1. The lowest BCUT2D eigenvalue weighted by atomic mass is 9.88. The van der Waals surface area contributed by atoms with Crippen LogP contribution < -0.4 is 5.56 Å². The zero-order chi connectivity index (χ0) is 26.5. The Kier molecular flexibility index (Phi) is 8.23. The van der Waals surface area contributed by atoms with Crippen LogP contribution in [0.5, 0.6) is 0 Å². The van der Waals surface area contributed by atoms with Gasteiger partial charge < -0.3 is 14.4 Å². The Bertz CT molecular complexity index is 1320. The van der Waals surface area contributed by atoms with Gasteiger partial charge in [-0.05, 0) is 42.5 Å². The highest BCUT2D eigenvalue weighted by molar-refractivity contribution is 5.94. The molecule has 1 saturated heterocycles. The number of amides is 2. The molecule has 2 aliphatic rings. The monoisotopic (exact) mass is 514 g/mol. The van der Waals surface area contributed by atoms with Crippen molar-refractivity contribution in [1.82, 2.24) is 19.3 Å². The van der Waals surface area contributed by atoms with Gasteiger partial charge in [0.1, 0.15) is 0 Å². The highest BCUT2D eigenvalue weighted by Crippen LogP contribution is 2.26. The standard InChI is InChI=1S/C31H38N4O3/c1-32-28-15-9-8-14-26(28)22-27(29(32)36)23-35(31(38)25-12-6-3-7-13-25)21-18-33-16-19-34(20-17-33)30(37)24-10-4-2-5-11-24/h2,4-5,8-11,14-15,22,25H,3,6-7,12-13,16-21,23H2,1H3. The summed E-state index contributed by atoms with van der Waals surface area (Å²) in [5.74, 6) is 0.303. The molecule has 5 rings (SSSR count). The topological polar surface area (TPSA) is 65.9 Å². The molecule has 7 nitrogen and oxygen atoms in total. The first-order valence-corrected chi connectivity index (χ1v) is 13.9. The molecule has 1 saturated carbocycles. The van der Waals surface area contributed by atoms with E-state index in [0.29, 0.717) is 31.7 Å². The van der Waals surface area contributed by atoms with Crippen molar-refractivity contribution >= 4 is 22.7 Å². The van der Waals surface area contributed by atoms with Crippen LogP contribution in [0.15, 0.2) is 65.5 Å². The molecule has 2 aromatic carbocycles. The molecule has 0 spiro atoms. The Morgan fingerprint density at radius 3 is 2.32 bits per heavy atom. The number of hydrogen-bond donors (Lipinski definition) is 0. The molecular weight excluding hydrogens is 476 g/mol. The molecule has 200 valence electrons. The van der Waals surface area contributed by atoms with E-state index in [-0.39, 0.29) is 23.3 Å². The Hall–Kier alpha value is -3.45. The van der Waals surface area contributed by atoms with Crippen molar-refractivity contribution in [3.8, 4) is 0 Å². The zero-order valence-corrected chi connectivity index (χ0v) is 22.3. The van der Waals surface area contributed by atoms with Gasteiger partial charge in [-0.3, -0.25) is 19.3 Å². The predicted octanol–water partition coefficient (Wildman–Crippen LogP) is 3.91. The molecule has 2 fully saturated rings. The van der Waals surface area contributed by atoms with Crippen molar-refractivity contribution in [3.05, 3.63) is 82.1 Å². The van der Waals surface area contributed by atoms with Gasteiger partial charge in [0.05, 0.1) is 12.1 Å². The zero-order valence-electron chi connectivity index (χ0n) is 22.3. The van der Waals surface area contributed by atoms with Crippen molar-refractivity contribution in [2.24, 2.45) is 13.0 Å². The van der Waals surface area contributed by atoms with Crippen LogP contribution in [0.1, 0.15) is 48.0 Å². The first kappa shape index (κ1) is 26.2. The van der Waals surface area contributed by atoms with Crippen molar-refractivity contribution in [2.75, 3.05) is 39.3 Å². The van der Waals surface area contributed by atoms with Crippen molar-refractivity contribution in [3.63, 3.8) is 0 Å². The molecule has 38 heavy (non-hydrogen) atoms. The third-order valence-corrected chi connectivity index (χ3v) is 8.20. The number of rotatable bonds is 7. The maximum atomic E-state index is 13.7. The van der Waals surface area contributed by atoms with Gasteiger partial charge in [0, 0.05) is 63.4 Å². The van der Waals surface area contributed by atoms with E-state index >= 15 is 0 Å². The van der Waals surface area contributed by atoms with Crippen LogP contribution in [0.25, 0.3) is 10.9 Å². The summed E-state index contributed by atoms with van der Waals surface area (Å²) in [5.41, 5.74) is 2.24. The average Bonchev–Trinajstić information content (AvgIpc) is 2.98. The van der Waals surface area contributed by atoms with Crippen molar-refractivity contribution in [1.29, 1.82) is 0 Å². The van der Waals surface area contributed by atoms with E-state index in [0.717, 1.165) is 61.8 Å².